The fraction of sp³-hybridized carbons (Fsp3) is 0.357. The van der Waals surface area contributed by atoms with Gasteiger partial charge in [0, 0.05) is 16.8 Å². The van der Waals surface area contributed by atoms with Crippen LogP contribution < -0.4 is 0 Å². The van der Waals surface area contributed by atoms with Crippen LogP contribution in [0.1, 0.15) is 31.2 Å². The van der Waals surface area contributed by atoms with Gasteiger partial charge in [-0.05, 0) is 0 Å². The minimum absolute atomic E-state index is 0. The zero-order valence-electron chi connectivity index (χ0n) is 9.28. The molecule has 1 aromatic rings. The largest absolute Gasteiger partial charge is 0.331 e. The Morgan fingerprint density at radius 2 is 1.80 bits per heavy atom. The fourth-order valence-electron chi connectivity index (χ4n) is 1.33. The zero-order valence-corrected chi connectivity index (χ0v) is 10.3. The molecule has 0 nitrogen and oxygen atoms in total. The molecule has 1 aromatic carbocycles. The van der Waals surface area contributed by atoms with Gasteiger partial charge in [0.15, 0.2) is 0 Å². The van der Waals surface area contributed by atoms with Gasteiger partial charge in [-0.1, -0.05) is 6.92 Å². The summed E-state index contributed by atoms with van der Waals surface area (Å²) in [4.78, 5) is 0. The maximum absolute atomic E-state index is 2.36. The van der Waals surface area contributed by atoms with E-state index in [9.17, 15) is 0 Å². The van der Waals surface area contributed by atoms with Crippen molar-refractivity contribution in [1.82, 2.24) is 0 Å². The first-order chi connectivity index (χ1) is 6.89. The molecule has 0 atom stereocenters. The number of hydrogen-bond donors (Lipinski definition) is 0. The summed E-state index contributed by atoms with van der Waals surface area (Å²) >= 11 is 0. The number of aryl methyl sites for hydroxylation is 1. The maximum Gasteiger partial charge on any atom is 0 e. The standard InChI is InChI=1S/C8H12.C6H7.Co/c1-2-4-6-8-7-5-3-1;1-6-4-2-3-5-6;/h1-3,8H,4-7H2;2-5H,1H3;/q-2;-1;/b2-1-;;. The summed E-state index contributed by atoms with van der Waals surface area (Å²) in [6, 6.07) is 8.24. The molecule has 2 rings (SSSR count). The molecule has 0 heterocycles. The van der Waals surface area contributed by atoms with Gasteiger partial charge in [-0.15, -0.1) is 12.8 Å². The number of hydrogen-bond acceptors (Lipinski definition) is 0. The van der Waals surface area contributed by atoms with Crippen molar-refractivity contribution < 1.29 is 16.8 Å². The van der Waals surface area contributed by atoms with Crippen LogP contribution in [0.4, 0.5) is 0 Å². The molecular formula is C14H19Co-3. The molecule has 1 aliphatic rings. The van der Waals surface area contributed by atoms with E-state index in [-0.39, 0.29) is 16.8 Å². The molecule has 0 saturated heterocycles. The van der Waals surface area contributed by atoms with Gasteiger partial charge in [-0.2, -0.15) is 30.5 Å². The predicted molar refractivity (Wildman–Crippen MR) is 63.0 cm³/mol. The second-order valence-corrected chi connectivity index (χ2v) is 3.57. The van der Waals surface area contributed by atoms with Crippen molar-refractivity contribution in [3.63, 3.8) is 0 Å². The Balaban J connectivity index is 0.000000253. The topological polar surface area (TPSA) is 0 Å². The van der Waals surface area contributed by atoms with E-state index in [0.29, 0.717) is 0 Å². The van der Waals surface area contributed by atoms with E-state index >= 15 is 0 Å². The molecule has 1 aliphatic carbocycles. The minimum atomic E-state index is 0. The monoisotopic (exact) mass is 246 g/mol. The van der Waals surface area contributed by atoms with Gasteiger partial charge < -0.3 is 6.42 Å². The van der Waals surface area contributed by atoms with Gasteiger partial charge in [-0.3, -0.25) is 0 Å². The Morgan fingerprint density at radius 1 is 1.07 bits per heavy atom. The Morgan fingerprint density at radius 3 is 2.40 bits per heavy atom. The Kier molecular flexibility index (Phi) is 9.64. The number of allylic oxidation sites excluding steroid dienone is 2. The van der Waals surface area contributed by atoms with Crippen molar-refractivity contribution in [1.29, 1.82) is 0 Å². The van der Waals surface area contributed by atoms with Crippen LogP contribution in [0.15, 0.2) is 36.4 Å². The van der Waals surface area contributed by atoms with Crippen molar-refractivity contribution in [3.05, 3.63) is 54.8 Å². The Bertz CT molecular complexity index is 224. The van der Waals surface area contributed by atoms with Gasteiger partial charge in [0.05, 0.1) is 0 Å². The second-order valence-electron chi connectivity index (χ2n) is 3.57. The van der Waals surface area contributed by atoms with Crippen LogP contribution in [-0.4, -0.2) is 0 Å². The van der Waals surface area contributed by atoms with Crippen LogP contribution in [0.3, 0.4) is 0 Å². The summed E-state index contributed by atoms with van der Waals surface area (Å²) in [6.07, 6.45) is 14.0. The van der Waals surface area contributed by atoms with Crippen molar-refractivity contribution >= 4 is 0 Å². The van der Waals surface area contributed by atoms with E-state index in [4.69, 9.17) is 0 Å². The quantitative estimate of drug-likeness (QED) is 0.601. The van der Waals surface area contributed by atoms with Crippen molar-refractivity contribution in [2.75, 3.05) is 0 Å². The third kappa shape index (κ3) is 8.46. The maximum atomic E-state index is 2.36. The van der Waals surface area contributed by atoms with Crippen molar-refractivity contribution in [3.8, 4) is 0 Å². The van der Waals surface area contributed by atoms with Crippen LogP contribution in [-0.2, 0) is 16.8 Å². The Labute approximate surface area is 104 Å². The molecule has 0 aromatic heterocycles. The van der Waals surface area contributed by atoms with Gasteiger partial charge in [0.25, 0.3) is 0 Å². The van der Waals surface area contributed by atoms with Crippen molar-refractivity contribution in [2.45, 2.75) is 32.6 Å². The first-order valence-electron chi connectivity index (χ1n) is 5.38. The number of rotatable bonds is 0. The smallest absolute Gasteiger partial charge is 0 e. The minimum Gasteiger partial charge on any atom is -0.331 e. The van der Waals surface area contributed by atoms with E-state index in [2.05, 4.69) is 44.1 Å². The van der Waals surface area contributed by atoms with Crippen molar-refractivity contribution in [2.24, 2.45) is 0 Å². The summed E-state index contributed by atoms with van der Waals surface area (Å²) in [5.41, 5.74) is 1.34. The second kappa shape index (κ2) is 10.0. The molecular weight excluding hydrogens is 227 g/mol. The van der Waals surface area contributed by atoms with Gasteiger partial charge in [0.1, 0.15) is 0 Å². The average Bonchev–Trinajstić information content (AvgIpc) is 2.55. The third-order valence-corrected chi connectivity index (χ3v) is 2.18. The zero-order chi connectivity index (χ0) is 10.1. The molecule has 0 spiro atoms. The van der Waals surface area contributed by atoms with Crippen LogP contribution in [0.2, 0.25) is 0 Å². The van der Waals surface area contributed by atoms with Crippen LogP contribution in [0.5, 0.6) is 0 Å². The SMILES string of the molecule is C1=C\CC[CH-]CC[CH-]/1.C[c-]1cccc1.[Co]. The van der Waals surface area contributed by atoms with E-state index in [1.165, 1.54) is 31.2 Å². The Hall–Kier alpha value is -0.534. The van der Waals surface area contributed by atoms with Crippen LogP contribution in [0.25, 0.3) is 0 Å². The molecule has 1 heteroatoms. The average molecular weight is 246 g/mol. The van der Waals surface area contributed by atoms with E-state index in [1.54, 1.807) is 0 Å². The normalized spacial score (nSPS) is 16.9. The van der Waals surface area contributed by atoms with Crippen LogP contribution in [0, 0.1) is 19.8 Å². The fourth-order valence-corrected chi connectivity index (χ4v) is 1.33. The molecule has 87 valence electrons. The molecule has 1 radical (unpaired) electrons. The molecule has 0 unspecified atom stereocenters. The van der Waals surface area contributed by atoms with E-state index < -0.39 is 0 Å². The van der Waals surface area contributed by atoms with Gasteiger partial charge in [-0.25, -0.2) is 30.7 Å². The van der Waals surface area contributed by atoms with E-state index in [0.717, 1.165) is 0 Å². The molecule has 0 N–H and O–H groups in total. The molecule has 0 amide bonds. The van der Waals surface area contributed by atoms with E-state index in [1.807, 2.05) is 12.1 Å². The molecule has 0 bridgehead atoms. The third-order valence-electron chi connectivity index (χ3n) is 2.18. The summed E-state index contributed by atoms with van der Waals surface area (Å²) in [5.74, 6) is 0. The molecule has 15 heavy (non-hydrogen) atoms. The van der Waals surface area contributed by atoms with Crippen LogP contribution >= 0.6 is 0 Å². The predicted octanol–water partition coefficient (Wildman–Crippen LogP) is 4.24. The van der Waals surface area contributed by atoms with Gasteiger partial charge >= 0.3 is 0 Å². The first-order valence-corrected chi connectivity index (χ1v) is 5.38. The summed E-state index contributed by atoms with van der Waals surface area (Å²) in [6.45, 7) is 2.08. The summed E-state index contributed by atoms with van der Waals surface area (Å²) in [5, 5.41) is 0. The van der Waals surface area contributed by atoms with Gasteiger partial charge in [0.2, 0.25) is 0 Å². The summed E-state index contributed by atoms with van der Waals surface area (Å²) < 4.78 is 0. The molecule has 0 fully saturated rings. The molecule has 0 aliphatic heterocycles. The first kappa shape index (κ1) is 14.5. The summed E-state index contributed by atoms with van der Waals surface area (Å²) in [7, 11) is 0. The molecule has 0 saturated carbocycles.